The molecule has 0 rings (SSSR count). The Morgan fingerprint density at radius 2 is 1.88 bits per heavy atom. The molecule has 6 nitrogen and oxygen atoms in total. The molecule has 1 unspecified atom stereocenters. The van der Waals surface area contributed by atoms with Crippen LogP contribution in [0.5, 0.6) is 0 Å². The van der Waals surface area contributed by atoms with E-state index in [1.165, 1.54) is 0 Å². The Labute approximate surface area is 120 Å². The first-order chi connectivity index (χ1) is 7.91. The van der Waals surface area contributed by atoms with Crippen LogP contribution in [0.4, 0.5) is 0 Å². The van der Waals surface area contributed by atoms with E-state index in [9.17, 15) is 14.7 Å². The van der Waals surface area contributed by atoms with E-state index in [1.54, 1.807) is 15.2 Å². The maximum absolute atomic E-state index is 11.3. The van der Waals surface area contributed by atoms with Crippen LogP contribution in [0.3, 0.4) is 0 Å². The number of amides is 2. The molecule has 0 aromatic carbocycles. The molecule has 0 saturated heterocycles. The van der Waals surface area contributed by atoms with Crippen LogP contribution in [0.25, 0.3) is 0 Å². The average Bonchev–Trinajstić information content (AvgIpc) is 2.24. The van der Waals surface area contributed by atoms with E-state index in [-0.39, 0.29) is 24.9 Å². The number of hydrogen-bond acceptors (Lipinski definition) is 5. The molecular formula is C9H18N3O3STl. The average molecular weight is 453 g/mol. The minimum atomic E-state index is -1.04. The zero-order valence-corrected chi connectivity index (χ0v) is 15.4. The van der Waals surface area contributed by atoms with Crippen LogP contribution in [-0.2, 0) is 9.59 Å². The van der Waals surface area contributed by atoms with E-state index in [2.05, 4.69) is 16.0 Å². The third-order valence-corrected chi connectivity index (χ3v) is 4.49. The van der Waals surface area contributed by atoms with Crippen molar-refractivity contribution in [1.82, 2.24) is 16.0 Å². The fraction of sp³-hybridized carbons (Fsp3) is 0.778. The predicted molar refractivity (Wildman–Crippen MR) is 68.5 cm³/mol. The molecular weight excluding hydrogens is 435 g/mol. The van der Waals surface area contributed by atoms with Crippen LogP contribution < -0.4 is 16.0 Å². The second-order valence-corrected chi connectivity index (χ2v) is 8.18. The molecule has 0 aromatic rings. The Bertz CT molecular complexity index is 264. The van der Waals surface area contributed by atoms with Crippen LogP contribution in [0.1, 0.15) is 13.8 Å². The van der Waals surface area contributed by atoms with Crippen molar-refractivity contribution in [2.24, 2.45) is 0 Å². The Morgan fingerprint density at radius 1 is 1.29 bits per heavy atom. The Morgan fingerprint density at radius 3 is 2.41 bits per heavy atom. The van der Waals surface area contributed by atoms with Gasteiger partial charge in [0.05, 0.1) is 0 Å². The Hall–Kier alpha value is 0.132. The summed E-state index contributed by atoms with van der Waals surface area (Å²) in [7, 11) is 1.64. The van der Waals surface area contributed by atoms with Crippen LogP contribution in [0.15, 0.2) is 0 Å². The van der Waals surface area contributed by atoms with E-state index in [0.29, 0.717) is 12.3 Å². The molecule has 2 amide bonds. The normalized spacial score (nSPS) is 13.8. The third kappa shape index (κ3) is 9.80. The minimum absolute atomic E-state index is 0.00235. The molecule has 17 heavy (non-hydrogen) atoms. The topological polar surface area (TPSA) is 90.5 Å². The number of nitrogens with one attached hydrogen (secondary N) is 3. The quantitative estimate of drug-likeness (QED) is 0.262. The third-order valence-electron chi connectivity index (χ3n) is 1.81. The van der Waals surface area contributed by atoms with E-state index >= 15 is 0 Å². The summed E-state index contributed by atoms with van der Waals surface area (Å²) in [6.07, 6.45) is 0. The molecule has 1 atom stereocenters. The summed E-state index contributed by atoms with van der Waals surface area (Å²) in [4.78, 5) is 22.4. The van der Waals surface area contributed by atoms with E-state index in [0.717, 1.165) is 24.3 Å². The second-order valence-electron chi connectivity index (χ2n) is 3.67. The number of carbonyl (C=O) groups excluding carboxylic acids is 2. The van der Waals surface area contributed by atoms with Gasteiger partial charge >= 0.3 is 120 Å². The SMILES string of the molecule is CCNC(=O)CNC(=O)CNC(C)(O)C[S][Tl]. The summed E-state index contributed by atoms with van der Waals surface area (Å²) in [6, 6.07) is 0. The molecule has 0 heterocycles. The number of aliphatic hydroxyl groups is 1. The zero-order chi connectivity index (χ0) is 13.3. The van der Waals surface area contributed by atoms with Gasteiger partial charge in [0.15, 0.2) is 0 Å². The summed E-state index contributed by atoms with van der Waals surface area (Å²) < 4.78 is 0. The van der Waals surface area contributed by atoms with E-state index in [4.69, 9.17) is 0 Å². The first kappa shape index (κ1) is 17.1. The van der Waals surface area contributed by atoms with Gasteiger partial charge in [-0.2, -0.15) is 0 Å². The van der Waals surface area contributed by atoms with Crippen molar-refractivity contribution in [3.05, 3.63) is 0 Å². The Balaban J connectivity index is 3.76. The molecule has 8 heteroatoms. The van der Waals surface area contributed by atoms with Crippen molar-refractivity contribution in [3.8, 4) is 0 Å². The van der Waals surface area contributed by atoms with Crippen molar-refractivity contribution >= 4 is 44.4 Å². The molecule has 0 aromatic heterocycles. The van der Waals surface area contributed by atoms with Gasteiger partial charge < -0.3 is 0 Å². The first-order valence-corrected chi connectivity index (χ1v) is 11.8. The van der Waals surface area contributed by atoms with E-state index < -0.39 is 5.72 Å². The van der Waals surface area contributed by atoms with Crippen molar-refractivity contribution in [2.45, 2.75) is 19.6 Å². The van der Waals surface area contributed by atoms with Gasteiger partial charge in [-0.15, -0.1) is 0 Å². The fourth-order valence-corrected chi connectivity index (χ4v) is 5.20. The molecule has 96 valence electrons. The van der Waals surface area contributed by atoms with Gasteiger partial charge in [-0.3, -0.25) is 0 Å². The molecule has 0 aliphatic carbocycles. The summed E-state index contributed by atoms with van der Waals surface area (Å²) >= 11 is 0.750. The summed E-state index contributed by atoms with van der Waals surface area (Å²) in [6.45, 7) is 3.94. The molecule has 0 fully saturated rings. The number of carbonyl (C=O) groups is 2. The molecule has 4 N–H and O–H groups in total. The van der Waals surface area contributed by atoms with Crippen LogP contribution >= 0.6 is 8.31 Å². The van der Waals surface area contributed by atoms with Crippen LogP contribution in [0, 0.1) is 0 Å². The van der Waals surface area contributed by atoms with Gasteiger partial charge in [0, 0.05) is 0 Å². The van der Waals surface area contributed by atoms with Gasteiger partial charge in [-0.25, -0.2) is 0 Å². The van der Waals surface area contributed by atoms with Gasteiger partial charge in [-0.1, -0.05) is 0 Å². The molecule has 0 saturated carbocycles. The van der Waals surface area contributed by atoms with Crippen molar-refractivity contribution in [3.63, 3.8) is 0 Å². The number of rotatable bonds is 8. The number of likely N-dealkylation sites (N-methyl/N-ethyl adjacent to an activating group) is 1. The zero-order valence-electron chi connectivity index (χ0n) is 10.1. The van der Waals surface area contributed by atoms with Gasteiger partial charge in [0.25, 0.3) is 0 Å². The molecule has 0 aliphatic rings. The standard InChI is InChI=1S/C9H19N3O3S.Tl/c1-3-10-7(13)4-11-8(14)5-12-9(2,15)6-16;/h12,15-16H,3-6H2,1-2H3,(H,10,13)(H,11,14);/q;+1/p-1. The predicted octanol–water partition coefficient (Wildman–Crippen LogP) is -1.65. The van der Waals surface area contributed by atoms with E-state index in [1.807, 2.05) is 6.92 Å². The van der Waals surface area contributed by atoms with Gasteiger partial charge in [0.1, 0.15) is 0 Å². The molecule has 0 bridgehead atoms. The molecule has 0 radical (unpaired) electrons. The van der Waals surface area contributed by atoms with Gasteiger partial charge in [-0.05, 0) is 0 Å². The van der Waals surface area contributed by atoms with Crippen molar-refractivity contribution in [1.29, 1.82) is 0 Å². The Kier molecular flexibility index (Phi) is 9.18. The monoisotopic (exact) mass is 453 g/mol. The van der Waals surface area contributed by atoms with Crippen LogP contribution in [0.2, 0.25) is 0 Å². The fourth-order valence-electron chi connectivity index (χ4n) is 0.985. The van der Waals surface area contributed by atoms with Crippen LogP contribution in [-0.4, -0.2) is 72.3 Å². The first-order valence-electron chi connectivity index (χ1n) is 5.23. The summed E-state index contributed by atoms with van der Waals surface area (Å²) in [5, 5.41) is 17.5. The summed E-state index contributed by atoms with van der Waals surface area (Å²) in [5.74, 6) is 0.0302. The maximum atomic E-state index is 11.3. The van der Waals surface area contributed by atoms with Crippen molar-refractivity contribution in [2.75, 3.05) is 25.4 Å². The molecule has 0 spiro atoms. The summed E-state index contributed by atoms with van der Waals surface area (Å²) in [5.41, 5.74) is -1.04. The van der Waals surface area contributed by atoms with Crippen molar-refractivity contribution < 1.29 is 14.7 Å². The molecule has 0 aliphatic heterocycles. The van der Waals surface area contributed by atoms with Gasteiger partial charge in [0.2, 0.25) is 0 Å². The second kappa shape index (κ2) is 9.11. The number of hydrogen-bond donors (Lipinski definition) is 4.